The molecule has 0 fully saturated rings. The number of rotatable bonds is 2. The van der Waals surface area contributed by atoms with Crippen LogP contribution in [0.15, 0.2) is 121 Å². The van der Waals surface area contributed by atoms with Crippen LogP contribution >= 0.6 is 11.3 Å². The van der Waals surface area contributed by atoms with Crippen LogP contribution in [-0.2, 0) is 5.41 Å². The molecule has 1 aromatic heterocycles. The lowest BCUT2D eigenvalue weighted by Crippen LogP contribution is -2.14. The molecule has 0 unspecified atom stereocenters. The predicted octanol–water partition coefficient (Wildman–Crippen LogP) is 11.7. The fourth-order valence-corrected chi connectivity index (χ4v) is 9.32. The molecule has 0 amide bonds. The molecule has 0 radical (unpaired) electrons. The summed E-state index contributed by atoms with van der Waals surface area (Å²) in [7, 11) is 0. The van der Waals surface area contributed by atoms with Crippen LogP contribution in [0, 0.1) is 6.57 Å². The Balaban J connectivity index is 1.28. The molecule has 2 aliphatic rings. The van der Waals surface area contributed by atoms with Crippen LogP contribution in [0.25, 0.3) is 58.4 Å². The first-order chi connectivity index (χ1) is 21.1. The minimum atomic E-state index is -0.0533. The Bertz CT molecular complexity index is 2300. The van der Waals surface area contributed by atoms with E-state index in [9.17, 15) is 0 Å². The van der Waals surface area contributed by atoms with Crippen LogP contribution < -0.4 is 0 Å². The molecular formula is C41H27NS. The smallest absolute Gasteiger partial charge is 0.195 e. The summed E-state index contributed by atoms with van der Waals surface area (Å²) in [6, 6.07) is 44.1. The fraction of sp³-hybridized carbons (Fsp3) is 0.0976. The lowest BCUT2D eigenvalue weighted by atomic mass is 9.82. The second kappa shape index (κ2) is 8.77. The first kappa shape index (κ1) is 24.6. The Hall–Kier alpha value is -4.97. The lowest BCUT2D eigenvalue weighted by Gasteiger charge is -2.22. The van der Waals surface area contributed by atoms with Gasteiger partial charge in [-0.1, -0.05) is 123 Å². The summed E-state index contributed by atoms with van der Waals surface area (Å²) in [6.45, 7) is 12.9. The van der Waals surface area contributed by atoms with E-state index in [1.54, 1.807) is 0 Å². The molecule has 6 aromatic carbocycles. The van der Waals surface area contributed by atoms with Gasteiger partial charge >= 0.3 is 0 Å². The molecule has 2 heteroatoms. The highest BCUT2D eigenvalue weighted by molar-refractivity contribution is 7.26. The van der Waals surface area contributed by atoms with E-state index in [1.807, 2.05) is 17.4 Å². The molecule has 9 rings (SSSR count). The van der Waals surface area contributed by atoms with Gasteiger partial charge in [-0.3, -0.25) is 0 Å². The third kappa shape index (κ3) is 3.26. The fourth-order valence-electron chi connectivity index (χ4n) is 7.93. The summed E-state index contributed by atoms with van der Waals surface area (Å²) in [5.41, 5.74) is 14.8. The number of thiophene rings is 1. The maximum Gasteiger partial charge on any atom is 0.195 e. The van der Waals surface area contributed by atoms with Gasteiger partial charge in [0.25, 0.3) is 0 Å². The van der Waals surface area contributed by atoms with E-state index in [0.29, 0.717) is 5.69 Å². The molecule has 202 valence electrons. The van der Waals surface area contributed by atoms with Crippen molar-refractivity contribution < 1.29 is 0 Å². The maximum atomic E-state index is 8.17. The monoisotopic (exact) mass is 565 g/mol. The van der Waals surface area contributed by atoms with E-state index in [4.69, 9.17) is 6.57 Å². The van der Waals surface area contributed by atoms with Gasteiger partial charge in [-0.25, -0.2) is 4.85 Å². The molecule has 0 bridgehead atoms. The summed E-state index contributed by atoms with van der Waals surface area (Å²) in [4.78, 5) is 4.06. The third-order valence-corrected chi connectivity index (χ3v) is 11.0. The molecule has 0 spiro atoms. The highest BCUT2D eigenvalue weighted by Gasteiger charge is 2.37. The van der Waals surface area contributed by atoms with Crippen molar-refractivity contribution in [3.05, 3.63) is 161 Å². The number of nitrogens with zero attached hydrogens (tertiary/aromatic N) is 1. The van der Waals surface area contributed by atoms with Gasteiger partial charge in [-0.05, 0) is 73.3 Å². The molecule has 0 saturated carbocycles. The van der Waals surface area contributed by atoms with Crippen molar-refractivity contribution in [2.45, 2.75) is 25.2 Å². The van der Waals surface area contributed by atoms with E-state index < -0.39 is 0 Å². The van der Waals surface area contributed by atoms with Gasteiger partial charge in [0, 0.05) is 31.5 Å². The molecule has 1 heterocycles. The summed E-state index contributed by atoms with van der Waals surface area (Å²) in [5, 5.41) is 2.57. The number of hydrogen-bond donors (Lipinski definition) is 0. The van der Waals surface area contributed by atoms with Crippen LogP contribution in [0.2, 0.25) is 0 Å². The van der Waals surface area contributed by atoms with Crippen molar-refractivity contribution in [2.75, 3.05) is 0 Å². The van der Waals surface area contributed by atoms with Crippen molar-refractivity contribution in [1.82, 2.24) is 0 Å². The molecule has 7 aromatic rings. The average Bonchev–Trinajstić information content (AvgIpc) is 3.66. The Morgan fingerprint density at radius 1 is 0.628 bits per heavy atom. The molecule has 43 heavy (non-hydrogen) atoms. The zero-order valence-electron chi connectivity index (χ0n) is 24.0. The van der Waals surface area contributed by atoms with Gasteiger partial charge < -0.3 is 0 Å². The minimum Gasteiger partial charge on any atom is -0.238 e. The predicted molar refractivity (Wildman–Crippen MR) is 181 cm³/mol. The molecule has 0 N–H and O–H groups in total. The minimum absolute atomic E-state index is 0.0533. The van der Waals surface area contributed by atoms with Crippen LogP contribution in [0.1, 0.15) is 47.6 Å². The van der Waals surface area contributed by atoms with E-state index in [-0.39, 0.29) is 11.3 Å². The van der Waals surface area contributed by atoms with Crippen LogP contribution in [0.4, 0.5) is 5.69 Å². The van der Waals surface area contributed by atoms with E-state index in [2.05, 4.69) is 134 Å². The number of hydrogen-bond acceptors (Lipinski definition) is 1. The normalized spacial score (nSPS) is 14.3. The standard InChI is InChI=1S/C41H27NS/c1-41(2)34-17-9-8-13-27(34)30-20-21-31-33-23-24(19-22-36(33)43-40(31)39(30)41)37-32(16-10-18-35(37)42-3)38-28-14-6-4-11-25(28)26-12-5-7-15-29(26)38/h4-23,38H,1-2H3. The molecule has 0 saturated heterocycles. The first-order valence-electron chi connectivity index (χ1n) is 14.8. The van der Waals surface area contributed by atoms with Crippen molar-refractivity contribution in [3.63, 3.8) is 0 Å². The van der Waals surface area contributed by atoms with Crippen molar-refractivity contribution in [3.8, 4) is 33.4 Å². The van der Waals surface area contributed by atoms with Crippen LogP contribution in [0.5, 0.6) is 0 Å². The van der Waals surface area contributed by atoms with Crippen LogP contribution in [-0.4, -0.2) is 0 Å². The second-order valence-electron chi connectivity index (χ2n) is 12.3. The van der Waals surface area contributed by atoms with Gasteiger partial charge in [-0.15, -0.1) is 11.3 Å². The second-order valence-corrected chi connectivity index (χ2v) is 13.4. The first-order valence-corrected chi connectivity index (χ1v) is 15.7. The van der Waals surface area contributed by atoms with E-state index >= 15 is 0 Å². The largest absolute Gasteiger partial charge is 0.238 e. The molecular weight excluding hydrogens is 539 g/mol. The van der Waals surface area contributed by atoms with Crippen LogP contribution in [0.3, 0.4) is 0 Å². The summed E-state index contributed by atoms with van der Waals surface area (Å²) in [5.74, 6) is 0.0848. The number of benzene rings is 6. The highest BCUT2D eigenvalue weighted by Crippen LogP contribution is 2.55. The lowest BCUT2D eigenvalue weighted by molar-refractivity contribution is 0.667. The summed E-state index contributed by atoms with van der Waals surface area (Å²) < 4.78 is 2.67. The highest BCUT2D eigenvalue weighted by atomic mass is 32.1. The van der Waals surface area contributed by atoms with Gasteiger partial charge in [0.05, 0.1) is 6.57 Å². The molecule has 2 aliphatic carbocycles. The van der Waals surface area contributed by atoms with Crippen molar-refractivity contribution in [1.29, 1.82) is 0 Å². The molecule has 0 aliphatic heterocycles. The number of fused-ring (bicyclic) bond motifs is 10. The zero-order chi connectivity index (χ0) is 28.9. The zero-order valence-corrected chi connectivity index (χ0v) is 24.8. The summed E-state index contributed by atoms with van der Waals surface area (Å²) >= 11 is 1.90. The topological polar surface area (TPSA) is 4.36 Å². The van der Waals surface area contributed by atoms with Gasteiger partial charge in [0.15, 0.2) is 5.69 Å². The maximum absolute atomic E-state index is 8.17. The van der Waals surface area contributed by atoms with Crippen molar-refractivity contribution >= 4 is 37.2 Å². The Morgan fingerprint density at radius 2 is 1.30 bits per heavy atom. The van der Waals surface area contributed by atoms with Gasteiger partial charge in [-0.2, -0.15) is 0 Å². The average molecular weight is 566 g/mol. The van der Waals surface area contributed by atoms with Gasteiger partial charge in [0.1, 0.15) is 0 Å². The molecule has 0 atom stereocenters. The quantitative estimate of drug-likeness (QED) is 0.184. The SMILES string of the molecule is [C-]#[N+]c1cccc(C2c3ccccc3-c3ccccc32)c1-c1ccc2sc3c4c(ccc3c2c1)-c1ccccc1C4(C)C. The van der Waals surface area contributed by atoms with Gasteiger partial charge in [0.2, 0.25) is 0 Å². The molecule has 1 nitrogen and oxygen atoms in total. The Morgan fingerprint density at radius 3 is 2.05 bits per heavy atom. The third-order valence-electron chi connectivity index (χ3n) is 9.78. The Kier molecular flexibility index (Phi) is 5.02. The van der Waals surface area contributed by atoms with Crippen molar-refractivity contribution in [2.24, 2.45) is 0 Å². The summed E-state index contributed by atoms with van der Waals surface area (Å²) in [6.07, 6.45) is 0. The van der Waals surface area contributed by atoms with E-state index in [1.165, 1.54) is 70.2 Å². The van der Waals surface area contributed by atoms with E-state index in [0.717, 1.165) is 11.1 Å². The Labute approximate surface area is 255 Å².